The standard InChI is InChI=1S/C22H29F3N4O2/c1-13-11-19(17-5-4-10-28(14(17)2)21(30)31-3)29-20(26-13)12-18(27-29)15-6-8-16(9-7-15)22(23,24)25/h11-12,14-17H,4-10H2,1-3H3/t14-,15?,16?,17+/m1/s1. The maximum absolute atomic E-state index is 13.0. The predicted molar refractivity (Wildman–Crippen MR) is 109 cm³/mol. The summed E-state index contributed by atoms with van der Waals surface area (Å²) in [6.45, 7) is 4.60. The number of aryl methyl sites for hydroxylation is 1. The summed E-state index contributed by atoms with van der Waals surface area (Å²) in [7, 11) is 1.39. The van der Waals surface area contributed by atoms with E-state index in [1.54, 1.807) is 4.90 Å². The van der Waals surface area contributed by atoms with Gasteiger partial charge in [-0.3, -0.25) is 0 Å². The molecule has 170 valence electrons. The van der Waals surface area contributed by atoms with Crippen LogP contribution in [-0.2, 0) is 4.74 Å². The van der Waals surface area contributed by atoms with Crippen LogP contribution in [0.2, 0.25) is 0 Å². The third-order valence-electron chi connectivity index (χ3n) is 6.99. The first-order valence-electron chi connectivity index (χ1n) is 11.0. The number of hydrogen-bond acceptors (Lipinski definition) is 4. The van der Waals surface area contributed by atoms with E-state index in [1.165, 1.54) is 7.11 Å². The van der Waals surface area contributed by atoms with Crippen LogP contribution in [0.5, 0.6) is 0 Å². The Morgan fingerprint density at radius 2 is 1.87 bits per heavy atom. The van der Waals surface area contributed by atoms with Crippen LogP contribution in [0, 0.1) is 12.8 Å². The van der Waals surface area contributed by atoms with Gasteiger partial charge in [0.2, 0.25) is 0 Å². The van der Waals surface area contributed by atoms with Crippen molar-refractivity contribution in [3.63, 3.8) is 0 Å². The van der Waals surface area contributed by atoms with Crippen LogP contribution >= 0.6 is 0 Å². The highest BCUT2D eigenvalue weighted by Crippen LogP contribution is 2.43. The van der Waals surface area contributed by atoms with Crippen LogP contribution in [0.1, 0.15) is 74.4 Å². The third-order valence-corrected chi connectivity index (χ3v) is 6.99. The number of aromatic nitrogens is 3. The first kappa shape index (κ1) is 21.9. The van der Waals surface area contributed by atoms with Crippen molar-refractivity contribution in [2.24, 2.45) is 5.92 Å². The minimum Gasteiger partial charge on any atom is -0.453 e. The van der Waals surface area contributed by atoms with Gasteiger partial charge in [-0.15, -0.1) is 0 Å². The molecule has 1 aliphatic heterocycles. The lowest BCUT2D eigenvalue weighted by Gasteiger charge is -2.38. The summed E-state index contributed by atoms with van der Waals surface area (Å²) in [5.74, 6) is -1.11. The number of carbonyl (C=O) groups excluding carboxylic acids is 1. The molecule has 2 aliphatic rings. The first-order chi connectivity index (χ1) is 14.7. The molecule has 0 radical (unpaired) electrons. The lowest BCUT2D eigenvalue weighted by Crippen LogP contribution is -2.46. The molecule has 9 heteroatoms. The highest BCUT2D eigenvalue weighted by atomic mass is 19.4. The molecule has 31 heavy (non-hydrogen) atoms. The number of ether oxygens (including phenoxy) is 1. The Bertz CT molecular complexity index is 950. The minimum atomic E-state index is -4.11. The van der Waals surface area contributed by atoms with Gasteiger partial charge in [-0.25, -0.2) is 14.3 Å². The van der Waals surface area contributed by atoms with Gasteiger partial charge in [-0.1, -0.05) is 0 Å². The van der Waals surface area contributed by atoms with E-state index in [-0.39, 0.29) is 36.8 Å². The normalized spacial score (nSPS) is 27.5. The van der Waals surface area contributed by atoms with Crippen molar-refractivity contribution in [2.75, 3.05) is 13.7 Å². The summed E-state index contributed by atoms with van der Waals surface area (Å²) in [6, 6.07) is 3.87. The summed E-state index contributed by atoms with van der Waals surface area (Å²) < 4.78 is 45.9. The summed E-state index contributed by atoms with van der Waals surface area (Å²) in [5.41, 5.74) is 3.37. The number of halogens is 3. The average molecular weight is 438 g/mol. The summed E-state index contributed by atoms with van der Waals surface area (Å²) >= 11 is 0. The van der Waals surface area contributed by atoms with Gasteiger partial charge in [0, 0.05) is 36.2 Å². The fourth-order valence-electron chi connectivity index (χ4n) is 5.24. The molecule has 0 aromatic carbocycles. The maximum atomic E-state index is 13.0. The lowest BCUT2D eigenvalue weighted by molar-refractivity contribution is -0.182. The molecule has 4 rings (SSSR count). The van der Waals surface area contributed by atoms with Gasteiger partial charge in [0.25, 0.3) is 0 Å². The summed E-state index contributed by atoms with van der Waals surface area (Å²) in [4.78, 5) is 18.5. The Kier molecular flexibility index (Phi) is 5.87. The Morgan fingerprint density at radius 1 is 1.16 bits per heavy atom. The molecule has 1 amide bonds. The predicted octanol–water partition coefficient (Wildman–Crippen LogP) is 5.21. The van der Waals surface area contributed by atoms with E-state index in [0.717, 1.165) is 29.9 Å². The van der Waals surface area contributed by atoms with Gasteiger partial charge in [-0.05, 0) is 58.4 Å². The van der Waals surface area contributed by atoms with Gasteiger partial charge in [-0.2, -0.15) is 18.3 Å². The quantitative estimate of drug-likeness (QED) is 0.646. The monoisotopic (exact) mass is 438 g/mol. The van der Waals surface area contributed by atoms with Crippen molar-refractivity contribution in [3.05, 3.63) is 29.2 Å². The molecule has 1 saturated carbocycles. The first-order valence-corrected chi connectivity index (χ1v) is 11.0. The molecule has 1 saturated heterocycles. The topological polar surface area (TPSA) is 59.7 Å². The van der Waals surface area contributed by atoms with Gasteiger partial charge in [0.1, 0.15) is 0 Å². The number of amides is 1. The largest absolute Gasteiger partial charge is 0.453 e. The highest BCUT2D eigenvalue weighted by Gasteiger charge is 2.42. The summed E-state index contributed by atoms with van der Waals surface area (Å²) in [5, 5.41) is 4.80. The van der Waals surface area contributed by atoms with Crippen LogP contribution in [0.3, 0.4) is 0 Å². The number of carbonyl (C=O) groups is 1. The molecule has 2 atom stereocenters. The molecule has 2 aromatic rings. The van der Waals surface area contributed by atoms with Gasteiger partial charge in [0.15, 0.2) is 5.65 Å². The van der Waals surface area contributed by atoms with E-state index in [2.05, 4.69) is 4.98 Å². The number of rotatable bonds is 2. The van der Waals surface area contributed by atoms with E-state index in [0.29, 0.717) is 25.0 Å². The molecule has 0 spiro atoms. The number of likely N-dealkylation sites (tertiary alicyclic amines) is 1. The van der Waals surface area contributed by atoms with E-state index in [1.807, 2.05) is 30.5 Å². The maximum Gasteiger partial charge on any atom is 0.409 e. The molecule has 0 N–H and O–H groups in total. The fourth-order valence-corrected chi connectivity index (χ4v) is 5.24. The van der Waals surface area contributed by atoms with Gasteiger partial charge < -0.3 is 9.64 Å². The number of fused-ring (bicyclic) bond motifs is 1. The second-order valence-corrected chi connectivity index (χ2v) is 8.90. The van der Waals surface area contributed by atoms with Crippen molar-refractivity contribution in [3.8, 4) is 0 Å². The van der Waals surface area contributed by atoms with E-state index in [9.17, 15) is 18.0 Å². The Balaban J connectivity index is 1.62. The molecule has 2 aromatic heterocycles. The second kappa shape index (κ2) is 8.31. The third kappa shape index (κ3) is 4.23. The Hall–Kier alpha value is -2.32. The second-order valence-electron chi connectivity index (χ2n) is 8.90. The molecular formula is C22H29F3N4O2. The van der Waals surface area contributed by atoms with Crippen molar-refractivity contribution < 1.29 is 22.7 Å². The van der Waals surface area contributed by atoms with E-state index >= 15 is 0 Å². The SMILES string of the molecule is COC(=O)N1CCC[C@H](c2cc(C)nc3cc(C4CCC(C(F)(F)F)CC4)nn23)[C@H]1C. The Morgan fingerprint density at radius 3 is 2.52 bits per heavy atom. The minimum absolute atomic E-state index is 0.0174. The van der Waals surface area contributed by atoms with Crippen molar-refractivity contribution in [1.29, 1.82) is 0 Å². The number of piperidine rings is 1. The lowest BCUT2D eigenvalue weighted by atomic mass is 9.80. The smallest absolute Gasteiger partial charge is 0.409 e. The molecule has 6 nitrogen and oxygen atoms in total. The van der Waals surface area contributed by atoms with Crippen LogP contribution in [0.4, 0.5) is 18.0 Å². The van der Waals surface area contributed by atoms with Crippen LogP contribution in [0.25, 0.3) is 5.65 Å². The van der Waals surface area contributed by atoms with Gasteiger partial charge >= 0.3 is 12.3 Å². The number of alkyl halides is 3. The van der Waals surface area contributed by atoms with Gasteiger partial charge in [0.05, 0.1) is 24.4 Å². The Labute approximate surface area is 179 Å². The van der Waals surface area contributed by atoms with Crippen LogP contribution in [0.15, 0.2) is 12.1 Å². The average Bonchev–Trinajstić information content (AvgIpc) is 3.16. The zero-order valence-corrected chi connectivity index (χ0v) is 18.2. The number of nitrogens with zero attached hydrogens (tertiary/aromatic N) is 4. The van der Waals surface area contributed by atoms with Crippen molar-refractivity contribution in [1.82, 2.24) is 19.5 Å². The molecule has 3 heterocycles. The van der Waals surface area contributed by atoms with Crippen molar-refractivity contribution >= 4 is 11.7 Å². The molecular weight excluding hydrogens is 409 g/mol. The summed E-state index contributed by atoms with van der Waals surface area (Å²) in [6.07, 6.45) is -1.40. The van der Waals surface area contributed by atoms with Crippen molar-refractivity contribution in [2.45, 2.75) is 76.4 Å². The zero-order valence-electron chi connectivity index (χ0n) is 18.2. The number of hydrogen-bond donors (Lipinski definition) is 0. The van der Waals surface area contributed by atoms with E-state index in [4.69, 9.17) is 9.84 Å². The van der Waals surface area contributed by atoms with E-state index < -0.39 is 12.1 Å². The zero-order chi connectivity index (χ0) is 22.3. The molecule has 1 aliphatic carbocycles. The van der Waals surface area contributed by atoms with Crippen LogP contribution < -0.4 is 0 Å². The van der Waals surface area contributed by atoms with Crippen LogP contribution in [-0.4, -0.2) is 51.5 Å². The highest BCUT2D eigenvalue weighted by molar-refractivity contribution is 5.68. The fraction of sp³-hybridized carbons (Fsp3) is 0.682. The number of methoxy groups -OCH3 is 1. The molecule has 2 fully saturated rings. The molecule has 0 bridgehead atoms. The molecule has 0 unspecified atom stereocenters.